The molecule has 0 aromatic heterocycles. The molecule has 0 radical (unpaired) electrons. The molecule has 19 heavy (non-hydrogen) atoms. The average molecular weight is 288 g/mol. The SMILES string of the molecule is CCOC(=O)C1(NCCN(CC)CC)CCCSC1. The predicted octanol–water partition coefficient (Wildman–Crippen LogP) is 1.75. The third-order valence-electron chi connectivity index (χ3n) is 3.69. The molecule has 0 aliphatic carbocycles. The van der Waals surface area contributed by atoms with Gasteiger partial charge < -0.3 is 9.64 Å². The van der Waals surface area contributed by atoms with Gasteiger partial charge in [0.2, 0.25) is 0 Å². The van der Waals surface area contributed by atoms with Crippen LogP contribution in [-0.4, -0.2) is 60.7 Å². The first kappa shape index (κ1) is 16.8. The van der Waals surface area contributed by atoms with E-state index in [2.05, 4.69) is 24.1 Å². The quantitative estimate of drug-likeness (QED) is 0.689. The molecule has 1 aliphatic rings. The Hall–Kier alpha value is -0.260. The van der Waals surface area contributed by atoms with E-state index in [4.69, 9.17) is 4.74 Å². The van der Waals surface area contributed by atoms with E-state index in [1.54, 1.807) is 0 Å². The highest BCUT2D eigenvalue weighted by atomic mass is 32.2. The molecule has 1 N–H and O–H groups in total. The van der Waals surface area contributed by atoms with Crippen LogP contribution in [0.3, 0.4) is 0 Å². The lowest BCUT2D eigenvalue weighted by Crippen LogP contribution is -2.57. The van der Waals surface area contributed by atoms with Crippen LogP contribution in [0.5, 0.6) is 0 Å². The Kier molecular flexibility index (Phi) is 7.80. The zero-order valence-electron chi connectivity index (χ0n) is 12.5. The summed E-state index contributed by atoms with van der Waals surface area (Å²) in [7, 11) is 0. The van der Waals surface area contributed by atoms with Crippen molar-refractivity contribution >= 4 is 17.7 Å². The molecular weight excluding hydrogens is 260 g/mol. The third kappa shape index (κ3) is 4.97. The summed E-state index contributed by atoms with van der Waals surface area (Å²) in [6.07, 6.45) is 1.98. The van der Waals surface area contributed by atoms with E-state index >= 15 is 0 Å². The number of hydrogen-bond acceptors (Lipinski definition) is 5. The van der Waals surface area contributed by atoms with Gasteiger partial charge in [0.25, 0.3) is 0 Å². The van der Waals surface area contributed by atoms with Gasteiger partial charge in [0.1, 0.15) is 5.54 Å². The molecule has 112 valence electrons. The van der Waals surface area contributed by atoms with E-state index in [0.29, 0.717) is 6.61 Å². The Bertz CT molecular complexity index is 264. The molecule has 1 fully saturated rings. The van der Waals surface area contributed by atoms with Crippen LogP contribution in [-0.2, 0) is 9.53 Å². The van der Waals surface area contributed by atoms with E-state index in [-0.39, 0.29) is 5.97 Å². The Labute approximate surface area is 121 Å². The second-order valence-electron chi connectivity index (χ2n) is 4.91. The third-order valence-corrected chi connectivity index (χ3v) is 4.97. The van der Waals surface area contributed by atoms with Crippen molar-refractivity contribution in [3.63, 3.8) is 0 Å². The van der Waals surface area contributed by atoms with Crippen molar-refractivity contribution in [3.05, 3.63) is 0 Å². The summed E-state index contributed by atoms with van der Waals surface area (Å²) in [6.45, 7) is 10.6. The first-order valence-electron chi connectivity index (χ1n) is 7.40. The zero-order valence-corrected chi connectivity index (χ0v) is 13.4. The van der Waals surface area contributed by atoms with Crippen LogP contribution < -0.4 is 5.32 Å². The van der Waals surface area contributed by atoms with E-state index in [1.165, 1.54) is 0 Å². The van der Waals surface area contributed by atoms with Gasteiger partial charge in [0.15, 0.2) is 0 Å². The monoisotopic (exact) mass is 288 g/mol. The van der Waals surface area contributed by atoms with Gasteiger partial charge in [-0.2, -0.15) is 11.8 Å². The summed E-state index contributed by atoms with van der Waals surface area (Å²) in [4.78, 5) is 14.6. The molecule has 0 saturated carbocycles. The number of hydrogen-bond donors (Lipinski definition) is 1. The van der Waals surface area contributed by atoms with Crippen LogP contribution >= 0.6 is 11.8 Å². The Morgan fingerprint density at radius 3 is 2.63 bits per heavy atom. The highest BCUT2D eigenvalue weighted by molar-refractivity contribution is 7.99. The van der Waals surface area contributed by atoms with Crippen LogP contribution in [0.25, 0.3) is 0 Å². The Morgan fingerprint density at radius 1 is 1.37 bits per heavy atom. The fraction of sp³-hybridized carbons (Fsp3) is 0.929. The van der Waals surface area contributed by atoms with E-state index in [0.717, 1.165) is 50.5 Å². The first-order valence-corrected chi connectivity index (χ1v) is 8.56. The molecule has 1 atom stereocenters. The van der Waals surface area contributed by atoms with Gasteiger partial charge in [-0.1, -0.05) is 13.8 Å². The van der Waals surface area contributed by atoms with Crippen molar-refractivity contribution in [3.8, 4) is 0 Å². The molecule has 0 spiro atoms. The van der Waals surface area contributed by atoms with Gasteiger partial charge in [-0.15, -0.1) is 0 Å². The lowest BCUT2D eigenvalue weighted by Gasteiger charge is -2.36. The van der Waals surface area contributed by atoms with Crippen molar-refractivity contribution in [2.24, 2.45) is 0 Å². The molecule has 1 heterocycles. The number of nitrogens with one attached hydrogen (secondary N) is 1. The van der Waals surface area contributed by atoms with Crippen LogP contribution in [0.2, 0.25) is 0 Å². The number of thioether (sulfide) groups is 1. The number of carbonyl (C=O) groups is 1. The molecule has 1 unspecified atom stereocenters. The Morgan fingerprint density at radius 2 is 2.11 bits per heavy atom. The van der Waals surface area contributed by atoms with Crippen LogP contribution in [0.15, 0.2) is 0 Å². The largest absolute Gasteiger partial charge is 0.465 e. The lowest BCUT2D eigenvalue weighted by molar-refractivity contribution is -0.150. The lowest BCUT2D eigenvalue weighted by atomic mass is 9.95. The zero-order chi connectivity index (χ0) is 14.1. The van der Waals surface area contributed by atoms with Crippen molar-refractivity contribution in [1.82, 2.24) is 10.2 Å². The molecule has 5 heteroatoms. The number of esters is 1. The minimum atomic E-state index is -0.452. The van der Waals surface area contributed by atoms with Crippen molar-refractivity contribution in [2.45, 2.75) is 39.2 Å². The molecule has 1 aliphatic heterocycles. The van der Waals surface area contributed by atoms with Gasteiger partial charge in [0, 0.05) is 18.8 Å². The van der Waals surface area contributed by atoms with Crippen molar-refractivity contribution < 1.29 is 9.53 Å². The summed E-state index contributed by atoms with van der Waals surface area (Å²) in [5, 5.41) is 3.48. The fourth-order valence-corrected chi connectivity index (χ4v) is 3.64. The molecule has 0 aromatic carbocycles. The molecule has 0 bridgehead atoms. The second kappa shape index (κ2) is 8.82. The maximum absolute atomic E-state index is 12.2. The predicted molar refractivity (Wildman–Crippen MR) is 81.7 cm³/mol. The van der Waals surface area contributed by atoms with Crippen molar-refractivity contribution in [2.75, 3.05) is 44.3 Å². The molecule has 1 saturated heterocycles. The number of carbonyl (C=O) groups excluding carboxylic acids is 1. The summed E-state index contributed by atoms with van der Waals surface area (Å²) >= 11 is 1.85. The van der Waals surface area contributed by atoms with Crippen LogP contribution in [0.1, 0.15) is 33.6 Å². The molecular formula is C14H28N2O2S. The van der Waals surface area contributed by atoms with E-state index in [9.17, 15) is 4.79 Å². The van der Waals surface area contributed by atoms with Gasteiger partial charge in [-0.05, 0) is 38.6 Å². The van der Waals surface area contributed by atoms with Crippen LogP contribution in [0.4, 0.5) is 0 Å². The first-order chi connectivity index (χ1) is 9.18. The molecule has 0 aromatic rings. The summed E-state index contributed by atoms with van der Waals surface area (Å²) < 4.78 is 5.27. The van der Waals surface area contributed by atoms with Gasteiger partial charge in [-0.3, -0.25) is 10.1 Å². The maximum atomic E-state index is 12.2. The van der Waals surface area contributed by atoms with Crippen molar-refractivity contribution in [1.29, 1.82) is 0 Å². The molecule has 0 amide bonds. The van der Waals surface area contributed by atoms with E-state index < -0.39 is 5.54 Å². The normalized spacial score (nSPS) is 23.6. The Balaban J connectivity index is 2.52. The minimum absolute atomic E-state index is 0.0678. The number of ether oxygens (including phenoxy) is 1. The molecule has 1 rings (SSSR count). The smallest absolute Gasteiger partial charge is 0.327 e. The number of likely N-dealkylation sites (N-methyl/N-ethyl adjacent to an activating group) is 1. The topological polar surface area (TPSA) is 41.6 Å². The summed E-state index contributed by atoms with van der Waals surface area (Å²) in [5.74, 6) is 1.92. The summed E-state index contributed by atoms with van der Waals surface area (Å²) in [5.41, 5.74) is -0.452. The minimum Gasteiger partial charge on any atom is -0.465 e. The van der Waals surface area contributed by atoms with E-state index in [1.807, 2.05) is 18.7 Å². The average Bonchev–Trinajstić information content (AvgIpc) is 2.45. The van der Waals surface area contributed by atoms with Gasteiger partial charge in [-0.25, -0.2) is 0 Å². The van der Waals surface area contributed by atoms with Crippen LogP contribution in [0, 0.1) is 0 Å². The highest BCUT2D eigenvalue weighted by Crippen LogP contribution is 2.28. The van der Waals surface area contributed by atoms with Gasteiger partial charge in [0.05, 0.1) is 6.61 Å². The molecule has 4 nitrogen and oxygen atoms in total. The second-order valence-corrected chi connectivity index (χ2v) is 6.02. The van der Waals surface area contributed by atoms with Gasteiger partial charge >= 0.3 is 5.97 Å². The highest BCUT2D eigenvalue weighted by Gasteiger charge is 2.40. The fourth-order valence-electron chi connectivity index (χ4n) is 2.43. The number of rotatable bonds is 8. The number of nitrogens with zero attached hydrogens (tertiary/aromatic N) is 1. The summed E-state index contributed by atoms with van der Waals surface area (Å²) in [6, 6.07) is 0. The maximum Gasteiger partial charge on any atom is 0.327 e. The standard InChI is InChI=1S/C14H28N2O2S/c1-4-16(5-2)10-9-15-14(13(17)18-6-3)8-7-11-19-12-14/h15H,4-12H2,1-3H3.